The summed E-state index contributed by atoms with van der Waals surface area (Å²) in [6.45, 7) is 7.63. The van der Waals surface area contributed by atoms with Gasteiger partial charge in [-0.05, 0) is 37.6 Å². The summed E-state index contributed by atoms with van der Waals surface area (Å²) in [5, 5.41) is 0. The van der Waals surface area contributed by atoms with E-state index in [1.165, 1.54) is 62.5 Å². The molecule has 0 N–H and O–H groups in total. The molecule has 4 heteroatoms. The molecule has 2 aromatic carbocycles. The Hall–Kier alpha value is -1.72. The quantitative estimate of drug-likeness (QED) is 0.181. The molecule has 0 radical (unpaired) electrons. The van der Waals surface area contributed by atoms with E-state index in [0.717, 1.165) is 26.0 Å². The fourth-order valence-corrected chi connectivity index (χ4v) is 5.42. The topological polar surface area (TPSA) is 30.9 Å². The molecule has 0 saturated heterocycles. The lowest BCUT2D eigenvalue weighted by Gasteiger charge is -2.34. The number of benzene rings is 2. The molecule has 3 rings (SSSR count). The van der Waals surface area contributed by atoms with Gasteiger partial charge in [0.05, 0.1) is 31.5 Å². The lowest BCUT2D eigenvalue weighted by atomic mass is 10.1. The fraction of sp³-hybridized carbons (Fsp3) is 0.636. The van der Waals surface area contributed by atoms with Gasteiger partial charge in [0.15, 0.2) is 0 Å². The van der Waals surface area contributed by atoms with Crippen molar-refractivity contribution >= 4 is 0 Å². The molecule has 0 aliphatic heterocycles. The molecule has 4 nitrogen and oxygen atoms in total. The molecule has 0 bridgehead atoms. The highest BCUT2D eigenvalue weighted by molar-refractivity contribution is 5.15. The predicted octanol–water partition coefficient (Wildman–Crippen LogP) is 7.80. The van der Waals surface area contributed by atoms with Crippen molar-refractivity contribution in [2.45, 2.75) is 116 Å². The van der Waals surface area contributed by atoms with Crippen LogP contribution in [0.4, 0.5) is 0 Å². The molecule has 1 aliphatic rings. The summed E-state index contributed by atoms with van der Waals surface area (Å²) in [5.74, 6) is 0. The van der Waals surface area contributed by atoms with Crippen LogP contribution in [-0.2, 0) is 27.4 Å². The van der Waals surface area contributed by atoms with E-state index >= 15 is 0 Å². The van der Waals surface area contributed by atoms with Crippen LogP contribution in [0, 0.1) is 0 Å². The Morgan fingerprint density at radius 1 is 0.649 bits per heavy atom. The van der Waals surface area contributed by atoms with Gasteiger partial charge in [0.25, 0.3) is 0 Å². The Morgan fingerprint density at radius 3 is 1.78 bits per heavy atom. The summed E-state index contributed by atoms with van der Waals surface area (Å²) in [6, 6.07) is 21.2. The monoisotopic (exact) mass is 509 g/mol. The molecule has 4 atom stereocenters. The van der Waals surface area contributed by atoms with Crippen molar-refractivity contribution in [3.63, 3.8) is 0 Å². The second-order valence-corrected chi connectivity index (χ2v) is 10.7. The highest BCUT2D eigenvalue weighted by Crippen LogP contribution is 2.33. The molecular weight excluding hydrogens is 458 g/mol. The summed E-state index contributed by atoms with van der Waals surface area (Å²) in [4.78, 5) is 2.50. The molecule has 1 fully saturated rings. The number of rotatable bonds is 19. The lowest BCUT2D eigenvalue weighted by Crippen LogP contribution is -2.48. The Bertz CT molecular complexity index is 815. The number of hydrogen-bond donors (Lipinski definition) is 0. The van der Waals surface area contributed by atoms with Crippen LogP contribution in [0.1, 0.15) is 89.2 Å². The van der Waals surface area contributed by atoms with Crippen LogP contribution in [0.5, 0.6) is 0 Å². The second kappa shape index (κ2) is 17.7. The summed E-state index contributed by atoms with van der Waals surface area (Å²) >= 11 is 0. The lowest BCUT2D eigenvalue weighted by molar-refractivity contribution is -0.0898. The van der Waals surface area contributed by atoms with Gasteiger partial charge in [-0.3, -0.25) is 4.90 Å². The van der Waals surface area contributed by atoms with Gasteiger partial charge >= 0.3 is 0 Å². The van der Waals surface area contributed by atoms with Crippen LogP contribution in [0.3, 0.4) is 0 Å². The van der Waals surface area contributed by atoms with E-state index < -0.39 is 0 Å². The van der Waals surface area contributed by atoms with Crippen molar-refractivity contribution in [1.29, 1.82) is 0 Å². The van der Waals surface area contributed by atoms with Gasteiger partial charge in [0.2, 0.25) is 0 Å². The van der Waals surface area contributed by atoms with Gasteiger partial charge in [-0.2, -0.15) is 0 Å². The molecule has 0 aromatic heterocycles. The van der Waals surface area contributed by atoms with Gasteiger partial charge in [0.1, 0.15) is 6.10 Å². The van der Waals surface area contributed by atoms with Crippen LogP contribution < -0.4 is 0 Å². The Kier molecular flexibility index (Phi) is 14.3. The first-order valence-electron chi connectivity index (χ1n) is 14.9. The average Bonchev–Trinajstić information content (AvgIpc) is 3.28. The minimum atomic E-state index is 0.0201. The molecule has 1 saturated carbocycles. The SMILES string of the molecule is CCCCCCCN(C)C1C(OCc2ccccc2)CC(OCc2ccccc2)C1OCCCCCC. The van der Waals surface area contributed by atoms with E-state index in [9.17, 15) is 0 Å². The Labute approximate surface area is 226 Å². The highest BCUT2D eigenvalue weighted by atomic mass is 16.6. The van der Waals surface area contributed by atoms with Crippen LogP contribution in [0.2, 0.25) is 0 Å². The van der Waals surface area contributed by atoms with Crippen molar-refractivity contribution < 1.29 is 14.2 Å². The summed E-state index contributed by atoms with van der Waals surface area (Å²) in [5.41, 5.74) is 2.42. The molecule has 37 heavy (non-hydrogen) atoms. The number of ether oxygens (including phenoxy) is 3. The van der Waals surface area contributed by atoms with Crippen molar-refractivity contribution in [2.24, 2.45) is 0 Å². The zero-order valence-corrected chi connectivity index (χ0v) is 23.7. The minimum absolute atomic E-state index is 0.0201. The first-order chi connectivity index (χ1) is 18.2. The maximum absolute atomic E-state index is 6.66. The molecule has 0 spiro atoms. The molecule has 1 aliphatic carbocycles. The fourth-order valence-electron chi connectivity index (χ4n) is 5.42. The number of unbranched alkanes of at least 4 members (excludes halogenated alkanes) is 7. The van der Waals surface area contributed by atoms with Crippen LogP contribution >= 0.6 is 0 Å². The third-order valence-corrected chi connectivity index (χ3v) is 7.59. The van der Waals surface area contributed by atoms with E-state index in [1.54, 1.807) is 0 Å². The first-order valence-corrected chi connectivity index (χ1v) is 14.9. The third kappa shape index (κ3) is 10.5. The normalized spacial score (nSPS) is 21.6. The van der Waals surface area contributed by atoms with Crippen molar-refractivity contribution in [2.75, 3.05) is 20.2 Å². The van der Waals surface area contributed by atoms with Gasteiger partial charge < -0.3 is 14.2 Å². The van der Waals surface area contributed by atoms with Crippen molar-refractivity contribution in [3.05, 3.63) is 71.8 Å². The van der Waals surface area contributed by atoms with Crippen LogP contribution in [0.15, 0.2) is 60.7 Å². The average molecular weight is 510 g/mol. The van der Waals surface area contributed by atoms with E-state index in [1.807, 2.05) is 0 Å². The molecule has 0 amide bonds. The Balaban J connectivity index is 1.70. The Morgan fingerprint density at radius 2 is 1.19 bits per heavy atom. The first kappa shape index (κ1) is 29.8. The van der Waals surface area contributed by atoms with Crippen molar-refractivity contribution in [1.82, 2.24) is 4.90 Å². The van der Waals surface area contributed by atoms with E-state index in [-0.39, 0.29) is 24.4 Å². The molecule has 0 heterocycles. The smallest absolute Gasteiger partial charge is 0.102 e. The third-order valence-electron chi connectivity index (χ3n) is 7.59. The van der Waals surface area contributed by atoms with Crippen molar-refractivity contribution in [3.8, 4) is 0 Å². The summed E-state index contributed by atoms with van der Waals surface area (Å²) in [7, 11) is 2.26. The number of likely N-dealkylation sites (N-methyl/N-ethyl adjacent to an activating group) is 1. The standard InChI is InChI=1S/C33H51NO3/c1-4-6-8-10-17-23-34(3)32-30(36-26-28-19-13-11-14-20-28)25-31(33(32)35-24-18-9-7-5-2)37-27-29-21-15-12-16-22-29/h11-16,19-22,30-33H,4-10,17-18,23-27H2,1-3H3. The molecule has 206 valence electrons. The minimum Gasteiger partial charge on any atom is -0.374 e. The molecule has 4 unspecified atom stereocenters. The molecular formula is C33H51NO3. The maximum atomic E-state index is 6.66. The van der Waals surface area contributed by atoms with Crippen LogP contribution in [-0.4, -0.2) is 49.5 Å². The van der Waals surface area contributed by atoms with Gasteiger partial charge in [0, 0.05) is 13.0 Å². The van der Waals surface area contributed by atoms with E-state index in [4.69, 9.17) is 14.2 Å². The molecule has 2 aromatic rings. The van der Waals surface area contributed by atoms with Crippen LogP contribution in [0.25, 0.3) is 0 Å². The number of nitrogens with zero attached hydrogens (tertiary/aromatic N) is 1. The summed E-state index contributed by atoms with van der Waals surface area (Å²) < 4.78 is 19.9. The van der Waals surface area contributed by atoms with Gasteiger partial charge in [-0.1, -0.05) is 119 Å². The zero-order chi connectivity index (χ0) is 26.1. The van der Waals surface area contributed by atoms with E-state index in [0.29, 0.717) is 13.2 Å². The summed E-state index contributed by atoms with van der Waals surface area (Å²) in [6.07, 6.45) is 12.3. The zero-order valence-electron chi connectivity index (χ0n) is 23.7. The second-order valence-electron chi connectivity index (χ2n) is 10.7. The largest absolute Gasteiger partial charge is 0.374 e. The van der Waals surface area contributed by atoms with Gasteiger partial charge in [-0.25, -0.2) is 0 Å². The predicted molar refractivity (Wildman–Crippen MR) is 154 cm³/mol. The maximum Gasteiger partial charge on any atom is 0.102 e. The highest BCUT2D eigenvalue weighted by Gasteiger charge is 2.47. The van der Waals surface area contributed by atoms with Gasteiger partial charge in [-0.15, -0.1) is 0 Å². The van der Waals surface area contributed by atoms with E-state index in [2.05, 4.69) is 86.5 Å². The number of hydrogen-bond acceptors (Lipinski definition) is 4.